The summed E-state index contributed by atoms with van der Waals surface area (Å²) in [6.45, 7) is 2.09. The molecule has 0 aliphatic heterocycles. The molecule has 3 heteroatoms. The third-order valence-corrected chi connectivity index (χ3v) is 5.13. The van der Waals surface area contributed by atoms with Gasteiger partial charge in [0.2, 0.25) is 0 Å². The van der Waals surface area contributed by atoms with Gasteiger partial charge in [-0.3, -0.25) is 0 Å². The Kier molecular flexibility index (Phi) is 4.03. The van der Waals surface area contributed by atoms with E-state index in [0.29, 0.717) is 5.02 Å². The second-order valence-electron chi connectivity index (χ2n) is 5.14. The summed E-state index contributed by atoms with van der Waals surface area (Å²) >= 11 is 9.88. The van der Waals surface area contributed by atoms with Crippen LogP contribution in [-0.4, -0.2) is 0 Å². The smallest absolute Gasteiger partial charge is 0.0599 e. The molecular weight excluding hydrogens is 346 g/mol. The second kappa shape index (κ2) is 5.80. The summed E-state index contributed by atoms with van der Waals surface area (Å²) in [7, 11) is 0. The van der Waals surface area contributed by atoms with Crippen molar-refractivity contribution in [3.8, 4) is 0 Å². The van der Waals surface area contributed by atoms with E-state index in [2.05, 4.69) is 47.1 Å². The molecule has 0 aliphatic rings. The molecule has 0 aliphatic carbocycles. The molecular formula is C18H15BrClN. The normalized spacial score (nSPS) is 12.6. The minimum atomic E-state index is -0.249. The second-order valence-corrected chi connectivity index (χ2v) is 6.37. The highest BCUT2D eigenvalue weighted by Gasteiger charge is 2.18. The fourth-order valence-electron chi connectivity index (χ4n) is 2.73. The summed E-state index contributed by atoms with van der Waals surface area (Å²) in [5.41, 5.74) is 9.79. The van der Waals surface area contributed by atoms with E-state index in [0.717, 1.165) is 15.6 Å². The molecule has 0 bridgehead atoms. The lowest BCUT2D eigenvalue weighted by Crippen LogP contribution is -2.14. The first-order chi connectivity index (χ1) is 10.1. The number of benzene rings is 3. The molecule has 0 spiro atoms. The SMILES string of the molecule is Cc1ccc2ccccc2c1C(N)c1cccc(Br)c1Cl. The predicted octanol–water partition coefficient (Wildman–Crippen LogP) is 5.61. The lowest BCUT2D eigenvalue weighted by Gasteiger charge is -2.19. The molecule has 1 unspecified atom stereocenters. The molecule has 21 heavy (non-hydrogen) atoms. The van der Waals surface area contributed by atoms with Crippen molar-refractivity contribution in [1.82, 2.24) is 0 Å². The van der Waals surface area contributed by atoms with Crippen molar-refractivity contribution in [2.45, 2.75) is 13.0 Å². The van der Waals surface area contributed by atoms with Crippen LogP contribution in [0.3, 0.4) is 0 Å². The van der Waals surface area contributed by atoms with E-state index in [1.54, 1.807) is 0 Å². The van der Waals surface area contributed by atoms with Gasteiger partial charge >= 0.3 is 0 Å². The van der Waals surface area contributed by atoms with Gasteiger partial charge in [-0.15, -0.1) is 0 Å². The van der Waals surface area contributed by atoms with Gasteiger partial charge in [-0.2, -0.15) is 0 Å². The average Bonchev–Trinajstić information content (AvgIpc) is 2.49. The van der Waals surface area contributed by atoms with Crippen LogP contribution in [-0.2, 0) is 0 Å². The van der Waals surface area contributed by atoms with Gasteiger partial charge in [-0.1, -0.05) is 60.1 Å². The van der Waals surface area contributed by atoms with Crippen molar-refractivity contribution < 1.29 is 0 Å². The van der Waals surface area contributed by atoms with E-state index in [9.17, 15) is 0 Å². The maximum Gasteiger partial charge on any atom is 0.0599 e. The van der Waals surface area contributed by atoms with Crippen LogP contribution in [0.4, 0.5) is 0 Å². The van der Waals surface area contributed by atoms with Crippen LogP contribution in [0.15, 0.2) is 59.1 Å². The standard InChI is InChI=1S/C18H15BrClN/c1-11-9-10-12-5-2-3-6-13(12)16(11)18(21)14-7-4-8-15(19)17(14)20/h2-10,18H,21H2,1H3. The zero-order valence-corrected chi connectivity index (χ0v) is 13.9. The van der Waals surface area contributed by atoms with Gasteiger partial charge in [0.1, 0.15) is 0 Å². The molecule has 1 nitrogen and oxygen atoms in total. The van der Waals surface area contributed by atoms with Crippen LogP contribution in [0.5, 0.6) is 0 Å². The summed E-state index contributed by atoms with van der Waals surface area (Å²) in [5.74, 6) is 0. The monoisotopic (exact) mass is 359 g/mol. The molecule has 0 heterocycles. The first kappa shape index (κ1) is 14.6. The maximum absolute atomic E-state index is 6.55. The number of nitrogens with two attached hydrogens (primary N) is 1. The summed E-state index contributed by atoms with van der Waals surface area (Å²) < 4.78 is 0.870. The van der Waals surface area contributed by atoms with Crippen LogP contribution >= 0.6 is 27.5 Å². The predicted molar refractivity (Wildman–Crippen MR) is 93.9 cm³/mol. The van der Waals surface area contributed by atoms with E-state index in [-0.39, 0.29) is 6.04 Å². The average molecular weight is 361 g/mol. The van der Waals surface area contributed by atoms with Gasteiger partial charge in [0.15, 0.2) is 0 Å². The Hall–Kier alpha value is -1.35. The van der Waals surface area contributed by atoms with Crippen molar-refractivity contribution in [1.29, 1.82) is 0 Å². The number of aryl methyl sites for hydroxylation is 1. The quantitative estimate of drug-likeness (QED) is 0.631. The molecule has 0 saturated carbocycles. The van der Waals surface area contributed by atoms with Gasteiger partial charge in [0.25, 0.3) is 0 Å². The summed E-state index contributed by atoms with van der Waals surface area (Å²) in [6, 6.07) is 18.2. The molecule has 106 valence electrons. The Balaban J connectivity index is 2.24. The molecule has 0 radical (unpaired) electrons. The number of fused-ring (bicyclic) bond motifs is 1. The Morgan fingerprint density at radius 1 is 1.00 bits per heavy atom. The van der Waals surface area contributed by atoms with Crippen molar-refractivity contribution in [2.24, 2.45) is 5.73 Å². The third kappa shape index (κ3) is 2.59. The molecule has 0 fully saturated rings. The molecule has 2 N–H and O–H groups in total. The molecule has 0 saturated heterocycles. The zero-order valence-electron chi connectivity index (χ0n) is 11.6. The molecule has 0 amide bonds. The molecule has 3 aromatic rings. The minimum Gasteiger partial charge on any atom is -0.320 e. The zero-order chi connectivity index (χ0) is 15.0. The summed E-state index contributed by atoms with van der Waals surface area (Å²) in [5, 5.41) is 3.05. The topological polar surface area (TPSA) is 26.0 Å². The first-order valence-electron chi connectivity index (χ1n) is 6.77. The lowest BCUT2D eigenvalue weighted by molar-refractivity contribution is 0.871. The molecule has 1 atom stereocenters. The van der Waals surface area contributed by atoms with E-state index in [1.807, 2.05) is 30.3 Å². The third-order valence-electron chi connectivity index (χ3n) is 3.82. The van der Waals surface area contributed by atoms with Crippen LogP contribution in [0.25, 0.3) is 10.8 Å². The van der Waals surface area contributed by atoms with Crippen LogP contribution in [0.1, 0.15) is 22.7 Å². The Morgan fingerprint density at radius 3 is 2.57 bits per heavy atom. The summed E-state index contributed by atoms with van der Waals surface area (Å²) in [6.07, 6.45) is 0. The summed E-state index contributed by atoms with van der Waals surface area (Å²) in [4.78, 5) is 0. The molecule has 0 aromatic heterocycles. The number of hydrogen-bond acceptors (Lipinski definition) is 1. The van der Waals surface area contributed by atoms with Crippen molar-refractivity contribution in [3.63, 3.8) is 0 Å². The maximum atomic E-state index is 6.55. The molecule has 3 rings (SSSR count). The van der Waals surface area contributed by atoms with Crippen LogP contribution in [0.2, 0.25) is 5.02 Å². The fourth-order valence-corrected chi connectivity index (χ4v) is 3.36. The number of rotatable bonds is 2. The van der Waals surface area contributed by atoms with E-state index >= 15 is 0 Å². The minimum absolute atomic E-state index is 0.249. The molecule has 3 aromatic carbocycles. The van der Waals surface area contributed by atoms with Crippen molar-refractivity contribution in [2.75, 3.05) is 0 Å². The number of hydrogen-bond donors (Lipinski definition) is 1. The van der Waals surface area contributed by atoms with Crippen molar-refractivity contribution in [3.05, 3.63) is 80.8 Å². The number of halogens is 2. The van der Waals surface area contributed by atoms with Crippen LogP contribution in [0, 0.1) is 6.92 Å². The lowest BCUT2D eigenvalue weighted by atomic mass is 9.91. The Morgan fingerprint density at radius 2 is 1.76 bits per heavy atom. The van der Waals surface area contributed by atoms with Crippen molar-refractivity contribution >= 4 is 38.3 Å². The first-order valence-corrected chi connectivity index (χ1v) is 7.94. The highest BCUT2D eigenvalue weighted by atomic mass is 79.9. The van der Waals surface area contributed by atoms with Gasteiger partial charge in [-0.25, -0.2) is 0 Å². The Bertz CT molecular complexity index is 813. The van der Waals surface area contributed by atoms with Gasteiger partial charge in [-0.05, 0) is 56.4 Å². The highest BCUT2D eigenvalue weighted by Crippen LogP contribution is 2.36. The highest BCUT2D eigenvalue weighted by molar-refractivity contribution is 9.10. The fraction of sp³-hybridized carbons (Fsp3) is 0.111. The Labute approximate surface area is 137 Å². The van der Waals surface area contributed by atoms with E-state index < -0.39 is 0 Å². The van der Waals surface area contributed by atoms with E-state index in [4.69, 9.17) is 17.3 Å². The van der Waals surface area contributed by atoms with Crippen LogP contribution < -0.4 is 5.73 Å². The van der Waals surface area contributed by atoms with Gasteiger partial charge in [0.05, 0.1) is 11.1 Å². The largest absolute Gasteiger partial charge is 0.320 e. The van der Waals surface area contributed by atoms with E-state index in [1.165, 1.54) is 16.3 Å². The van der Waals surface area contributed by atoms with Gasteiger partial charge < -0.3 is 5.73 Å². The van der Waals surface area contributed by atoms with Gasteiger partial charge in [0, 0.05) is 4.47 Å².